The summed E-state index contributed by atoms with van der Waals surface area (Å²) in [7, 11) is 0. The third-order valence-electron chi connectivity index (χ3n) is 4.74. The van der Waals surface area contributed by atoms with Crippen molar-refractivity contribution >= 4 is 5.91 Å². The fourth-order valence-electron chi connectivity index (χ4n) is 3.45. The number of piperidine rings is 2. The fourth-order valence-corrected chi connectivity index (χ4v) is 3.45. The van der Waals surface area contributed by atoms with E-state index in [0.717, 1.165) is 44.9 Å². The van der Waals surface area contributed by atoms with E-state index in [4.69, 9.17) is 6.42 Å². The van der Waals surface area contributed by atoms with Crippen LogP contribution in [0.1, 0.15) is 32.6 Å². The van der Waals surface area contributed by atoms with E-state index in [9.17, 15) is 4.79 Å². The second-order valence-electron chi connectivity index (χ2n) is 6.59. The molecule has 2 aliphatic heterocycles. The van der Waals surface area contributed by atoms with Crippen LogP contribution in [-0.4, -0.2) is 61.5 Å². The van der Waals surface area contributed by atoms with Crippen molar-refractivity contribution in [1.29, 1.82) is 0 Å². The number of amides is 1. The van der Waals surface area contributed by atoms with Gasteiger partial charge in [-0.05, 0) is 51.2 Å². The van der Waals surface area contributed by atoms with Gasteiger partial charge in [0.2, 0.25) is 5.91 Å². The highest BCUT2D eigenvalue weighted by Crippen LogP contribution is 2.17. The first kappa shape index (κ1) is 16.3. The van der Waals surface area contributed by atoms with Crippen LogP contribution in [0.3, 0.4) is 0 Å². The molecule has 118 valence electrons. The third kappa shape index (κ3) is 5.33. The molecule has 2 heterocycles. The van der Waals surface area contributed by atoms with Gasteiger partial charge in [0.05, 0.1) is 6.54 Å². The molecule has 21 heavy (non-hydrogen) atoms. The molecule has 0 spiro atoms. The molecule has 2 saturated heterocycles. The summed E-state index contributed by atoms with van der Waals surface area (Å²) >= 11 is 0. The van der Waals surface area contributed by atoms with Crippen molar-refractivity contribution < 1.29 is 4.79 Å². The summed E-state index contributed by atoms with van der Waals surface area (Å²) in [5.41, 5.74) is 0. The topological polar surface area (TPSA) is 35.6 Å². The Kier molecular flexibility index (Phi) is 6.53. The zero-order valence-electron chi connectivity index (χ0n) is 13.3. The van der Waals surface area contributed by atoms with E-state index in [2.05, 4.69) is 28.0 Å². The number of carbonyl (C=O) groups is 1. The Bertz CT molecular complexity index is 369. The predicted molar refractivity (Wildman–Crippen MR) is 85.8 cm³/mol. The van der Waals surface area contributed by atoms with E-state index in [1.54, 1.807) is 0 Å². The van der Waals surface area contributed by atoms with Gasteiger partial charge in [-0.3, -0.25) is 9.69 Å². The monoisotopic (exact) mass is 291 g/mol. The fraction of sp³-hybridized carbons (Fsp3) is 0.824. The van der Waals surface area contributed by atoms with Gasteiger partial charge >= 0.3 is 0 Å². The number of nitrogens with zero attached hydrogens (tertiary/aromatic N) is 2. The molecule has 0 aromatic heterocycles. The summed E-state index contributed by atoms with van der Waals surface area (Å²) in [6.45, 7) is 9.07. The molecule has 2 aliphatic rings. The van der Waals surface area contributed by atoms with Crippen molar-refractivity contribution in [2.24, 2.45) is 11.8 Å². The minimum absolute atomic E-state index is 0.180. The van der Waals surface area contributed by atoms with Crippen LogP contribution in [0.15, 0.2) is 0 Å². The van der Waals surface area contributed by atoms with Crippen LogP contribution >= 0.6 is 0 Å². The van der Waals surface area contributed by atoms with E-state index in [0.29, 0.717) is 6.54 Å². The Morgan fingerprint density at radius 2 is 2.00 bits per heavy atom. The summed E-state index contributed by atoms with van der Waals surface area (Å²) in [4.78, 5) is 16.9. The van der Waals surface area contributed by atoms with E-state index < -0.39 is 0 Å². The molecular formula is C17H29N3O. The van der Waals surface area contributed by atoms with Gasteiger partial charge in [0.15, 0.2) is 0 Å². The predicted octanol–water partition coefficient (Wildman–Crippen LogP) is 1.18. The second kappa shape index (κ2) is 8.41. The van der Waals surface area contributed by atoms with Crippen molar-refractivity contribution in [3.63, 3.8) is 0 Å². The lowest BCUT2D eigenvalue weighted by molar-refractivity contribution is -0.126. The van der Waals surface area contributed by atoms with Crippen LogP contribution in [-0.2, 0) is 4.79 Å². The lowest BCUT2D eigenvalue weighted by atomic mass is 9.96. The molecule has 1 amide bonds. The number of carbonyl (C=O) groups excluding carboxylic acids is 1. The van der Waals surface area contributed by atoms with Gasteiger partial charge < -0.3 is 10.2 Å². The second-order valence-corrected chi connectivity index (χ2v) is 6.59. The largest absolute Gasteiger partial charge is 0.355 e. The summed E-state index contributed by atoms with van der Waals surface area (Å²) in [6, 6.07) is 0. The van der Waals surface area contributed by atoms with Gasteiger partial charge in [-0.1, -0.05) is 12.8 Å². The van der Waals surface area contributed by atoms with Gasteiger partial charge in [-0.2, -0.15) is 0 Å². The highest BCUT2D eigenvalue weighted by Gasteiger charge is 2.24. The normalized spacial score (nSPS) is 25.4. The van der Waals surface area contributed by atoms with Crippen molar-refractivity contribution in [3.05, 3.63) is 0 Å². The van der Waals surface area contributed by atoms with Crippen LogP contribution in [0, 0.1) is 24.2 Å². The van der Waals surface area contributed by atoms with E-state index >= 15 is 0 Å². The maximum absolute atomic E-state index is 12.2. The molecule has 0 aromatic rings. The third-order valence-corrected chi connectivity index (χ3v) is 4.74. The lowest BCUT2D eigenvalue weighted by Crippen LogP contribution is -2.44. The van der Waals surface area contributed by atoms with Gasteiger partial charge in [0, 0.05) is 25.6 Å². The van der Waals surface area contributed by atoms with Crippen molar-refractivity contribution in [2.75, 3.05) is 45.8 Å². The maximum Gasteiger partial charge on any atom is 0.223 e. The first-order chi connectivity index (χ1) is 10.2. The molecular weight excluding hydrogens is 262 g/mol. The number of likely N-dealkylation sites (tertiary alicyclic amines) is 2. The van der Waals surface area contributed by atoms with Gasteiger partial charge in [-0.25, -0.2) is 0 Å². The number of hydrogen-bond acceptors (Lipinski definition) is 3. The number of rotatable bonds is 5. The molecule has 0 radical (unpaired) electrons. The summed E-state index contributed by atoms with van der Waals surface area (Å²) in [6.07, 6.45) is 9.84. The molecule has 1 N–H and O–H groups in total. The highest BCUT2D eigenvalue weighted by molar-refractivity contribution is 5.78. The molecule has 2 rings (SSSR count). The Morgan fingerprint density at radius 3 is 2.67 bits per heavy atom. The van der Waals surface area contributed by atoms with Gasteiger partial charge in [0.1, 0.15) is 0 Å². The van der Waals surface area contributed by atoms with E-state index in [1.165, 1.54) is 25.9 Å². The molecule has 4 nitrogen and oxygen atoms in total. The molecule has 4 heteroatoms. The first-order valence-corrected chi connectivity index (χ1v) is 8.35. The highest BCUT2D eigenvalue weighted by atomic mass is 16.1. The maximum atomic E-state index is 12.2. The van der Waals surface area contributed by atoms with E-state index in [-0.39, 0.29) is 11.8 Å². The average molecular weight is 291 g/mol. The van der Waals surface area contributed by atoms with Crippen molar-refractivity contribution in [1.82, 2.24) is 15.1 Å². The standard InChI is InChI=1S/C17H29N3O/c1-3-9-19-11-6-16(7-12-19)17(21)18-8-13-20-10-4-5-15(2)14-20/h1,15-16H,4-14H2,2H3,(H,18,21). The Balaban J connectivity index is 1.60. The van der Waals surface area contributed by atoms with Gasteiger partial charge in [-0.15, -0.1) is 6.42 Å². The quantitative estimate of drug-likeness (QED) is 0.773. The van der Waals surface area contributed by atoms with Crippen LogP contribution in [0.5, 0.6) is 0 Å². The molecule has 0 aromatic carbocycles. The number of terminal acetylenes is 1. The summed E-state index contributed by atoms with van der Waals surface area (Å²) in [5.74, 6) is 3.89. The molecule has 0 bridgehead atoms. The van der Waals surface area contributed by atoms with Crippen LogP contribution < -0.4 is 5.32 Å². The lowest BCUT2D eigenvalue weighted by Gasteiger charge is -2.32. The Morgan fingerprint density at radius 1 is 1.24 bits per heavy atom. The first-order valence-electron chi connectivity index (χ1n) is 8.35. The number of hydrogen-bond donors (Lipinski definition) is 1. The van der Waals surface area contributed by atoms with Gasteiger partial charge in [0.25, 0.3) is 0 Å². The smallest absolute Gasteiger partial charge is 0.223 e. The molecule has 1 unspecified atom stereocenters. The molecule has 0 saturated carbocycles. The Labute approximate surface area is 129 Å². The molecule has 2 fully saturated rings. The summed E-state index contributed by atoms with van der Waals surface area (Å²) in [5, 5.41) is 3.12. The average Bonchev–Trinajstić information content (AvgIpc) is 2.48. The van der Waals surface area contributed by atoms with E-state index in [1.807, 2.05) is 0 Å². The molecule has 1 atom stereocenters. The van der Waals surface area contributed by atoms with Crippen LogP contribution in [0.25, 0.3) is 0 Å². The summed E-state index contributed by atoms with van der Waals surface area (Å²) < 4.78 is 0. The van der Waals surface area contributed by atoms with Crippen LogP contribution in [0.4, 0.5) is 0 Å². The van der Waals surface area contributed by atoms with Crippen molar-refractivity contribution in [2.45, 2.75) is 32.6 Å². The zero-order valence-corrected chi connectivity index (χ0v) is 13.3. The number of nitrogens with one attached hydrogen (secondary N) is 1. The SMILES string of the molecule is C#CCN1CCC(C(=O)NCCN2CCCC(C)C2)CC1. The minimum atomic E-state index is 0.180. The Hall–Kier alpha value is -1.05. The van der Waals surface area contributed by atoms with Crippen molar-refractivity contribution in [3.8, 4) is 12.3 Å². The van der Waals surface area contributed by atoms with Crippen LogP contribution in [0.2, 0.25) is 0 Å². The zero-order chi connectivity index (χ0) is 15.1. The minimum Gasteiger partial charge on any atom is -0.355 e. The molecule has 0 aliphatic carbocycles.